The molecular formula is C31H36N6O4S2. The minimum atomic E-state index is -3.71. The molecule has 2 unspecified atom stereocenters. The largest absolute Gasteiger partial charge is 0.481 e. The van der Waals surface area contributed by atoms with E-state index in [4.69, 9.17) is 4.74 Å². The van der Waals surface area contributed by atoms with Crippen molar-refractivity contribution in [2.24, 2.45) is 5.92 Å². The number of thiazole rings is 1. The third-order valence-corrected chi connectivity index (χ3v) is 11.4. The van der Waals surface area contributed by atoms with Gasteiger partial charge in [-0.3, -0.25) is 9.78 Å². The van der Waals surface area contributed by atoms with Gasteiger partial charge in [0, 0.05) is 37.9 Å². The van der Waals surface area contributed by atoms with Crippen LogP contribution in [-0.4, -0.2) is 66.4 Å². The first-order valence-electron chi connectivity index (χ1n) is 14.7. The number of hydrogen-bond donors (Lipinski definition) is 1. The number of ether oxygens (including phenoxy) is 1. The Balaban J connectivity index is 1.19. The van der Waals surface area contributed by atoms with Crippen LogP contribution in [0.3, 0.4) is 0 Å². The number of nitrogens with one attached hydrogen (secondary N) is 1. The van der Waals surface area contributed by atoms with Crippen molar-refractivity contribution < 1.29 is 17.9 Å². The second kappa shape index (κ2) is 12.6. The van der Waals surface area contributed by atoms with Crippen LogP contribution in [0.15, 0.2) is 65.8 Å². The maximum absolute atomic E-state index is 13.7. The van der Waals surface area contributed by atoms with Gasteiger partial charge in [0.25, 0.3) is 0 Å². The number of amides is 1. The Labute approximate surface area is 256 Å². The molecule has 12 heteroatoms. The van der Waals surface area contributed by atoms with Crippen molar-refractivity contribution in [3.63, 3.8) is 0 Å². The van der Waals surface area contributed by atoms with E-state index in [0.29, 0.717) is 53.3 Å². The van der Waals surface area contributed by atoms with Crippen LogP contribution in [-0.2, 0) is 14.8 Å². The van der Waals surface area contributed by atoms with Crippen LogP contribution in [0.5, 0.6) is 5.88 Å². The van der Waals surface area contributed by atoms with Crippen LogP contribution >= 0.6 is 11.3 Å². The Morgan fingerprint density at radius 2 is 1.88 bits per heavy atom. The van der Waals surface area contributed by atoms with E-state index in [0.717, 1.165) is 24.1 Å². The molecular weight excluding hydrogens is 585 g/mol. The summed E-state index contributed by atoms with van der Waals surface area (Å²) in [5.74, 6) is 0.385. The first-order chi connectivity index (χ1) is 20.8. The SMILES string of the molecule is COc1ccc2nc(NC(=O)C(CC3CCCC3)c3ccc(S(=O)(=O)N4CCN(c5cccnc5)CC4C)cc3)sc2n1. The summed E-state index contributed by atoms with van der Waals surface area (Å²) in [7, 11) is -2.14. The van der Waals surface area contributed by atoms with Crippen LogP contribution in [0.2, 0.25) is 0 Å². The predicted molar refractivity (Wildman–Crippen MR) is 168 cm³/mol. The molecule has 1 aromatic carbocycles. The zero-order valence-corrected chi connectivity index (χ0v) is 26.0. The van der Waals surface area contributed by atoms with Crippen molar-refractivity contribution >= 4 is 48.4 Å². The van der Waals surface area contributed by atoms with Crippen LogP contribution < -0.4 is 15.0 Å². The lowest BCUT2D eigenvalue weighted by Gasteiger charge is -2.39. The number of piperazine rings is 1. The topological polar surface area (TPSA) is 118 Å². The number of carbonyl (C=O) groups excluding carboxylic acids is 1. The molecule has 0 radical (unpaired) electrons. The van der Waals surface area contributed by atoms with Gasteiger partial charge in [-0.05, 0) is 55.2 Å². The van der Waals surface area contributed by atoms with E-state index in [-0.39, 0.29) is 16.8 Å². The molecule has 6 rings (SSSR count). The average Bonchev–Trinajstić information content (AvgIpc) is 3.69. The van der Waals surface area contributed by atoms with E-state index in [1.807, 2.05) is 25.1 Å². The summed E-state index contributed by atoms with van der Waals surface area (Å²) in [6.07, 6.45) is 8.80. The molecule has 1 saturated heterocycles. The molecule has 0 bridgehead atoms. The highest BCUT2D eigenvalue weighted by molar-refractivity contribution is 7.89. The number of pyridine rings is 2. The maximum Gasteiger partial charge on any atom is 0.243 e. The molecule has 4 heterocycles. The number of anilines is 2. The third-order valence-electron chi connectivity index (χ3n) is 8.50. The summed E-state index contributed by atoms with van der Waals surface area (Å²) < 4.78 is 34.2. The highest BCUT2D eigenvalue weighted by Gasteiger charge is 2.34. The molecule has 1 amide bonds. The monoisotopic (exact) mass is 620 g/mol. The highest BCUT2D eigenvalue weighted by Crippen LogP contribution is 2.36. The van der Waals surface area contributed by atoms with Crippen molar-refractivity contribution in [1.29, 1.82) is 0 Å². The highest BCUT2D eigenvalue weighted by atomic mass is 32.2. The van der Waals surface area contributed by atoms with Gasteiger partial charge in [-0.1, -0.05) is 49.2 Å². The molecule has 1 aliphatic carbocycles. The summed E-state index contributed by atoms with van der Waals surface area (Å²) >= 11 is 1.31. The summed E-state index contributed by atoms with van der Waals surface area (Å²) in [5.41, 5.74) is 2.49. The van der Waals surface area contributed by atoms with E-state index >= 15 is 0 Å². The minimum Gasteiger partial charge on any atom is -0.481 e. The Kier molecular flexibility index (Phi) is 8.60. The summed E-state index contributed by atoms with van der Waals surface area (Å²) in [4.78, 5) is 29.9. The van der Waals surface area contributed by atoms with Gasteiger partial charge in [-0.2, -0.15) is 4.31 Å². The molecule has 4 aromatic rings. The Morgan fingerprint density at radius 1 is 1.09 bits per heavy atom. The zero-order chi connectivity index (χ0) is 30.0. The van der Waals surface area contributed by atoms with E-state index in [1.165, 1.54) is 24.2 Å². The summed E-state index contributed by atoms with van der Waals surface area (Å²) in [6, 6.07) is 14.1. The van der Waals surface area contributed by atoms with Crippen molar-refractivity contribution in [2.45, 2.75) is 55.9 Å². The molecule has 1 aliphatic heterocycles. The molecule has 226 valence electrons. The molecule has 10 nitrogen and oxygen atoms in total. The van der Waals surface area contributed by atoms with Crippen molar-refractivity contribution in [3.8, 4) is 5.88 Å². The van der Waals surface area contributed by atoms with Crippen molar-refractivity contribution in [2.75, 3.05) is 37.0 Å². The fourth-order valence-corrected chi connectivity index (χ4v) is 8.66. The number of carbonyl (C=O) groups is 1. The fourth-order valence-electron chi connectivity index (χ4n) is 6.21. The Morgan fingerprint density at radius 3 is 2.58 bits per heavy atom. The third kappa shape index (κ3) is 6.36. The van der Waals surface area contributed by atoms with Gasteiger partial charge in [-0.25, -0.2) is 18.4 Å². The second-order valence-corrected chi connectivity index (χ2v) is 14.2. The van der Waals surface area contributed by atoms with Gasteiger partial charge in [0.1, 0.15) is 10.3 Å². The van der Waals surface area contributed by atoms with Gasteiger partial charge in [0.15, 0.2) is 5.13 Å². The van der Waals surface area contributed by atoms with Gasteiger partial charge >= 0.3 is 0 Å². The van der Waals surface area contributed by atoms with Gasteiger partial charge in [0.05, 0.1) is 29.8 Å². The number of benzene rings is 1. The van der Waals surface area contributed by atoms with E-state index in [1.54, 1.807) is 54.1 Å². The average molecular weight is 621 g/mol. The van der Waals surface area contributed by atoms with Gasteiger partial charge in [0.2, 0.25) is 21.8 Å². The molecule has 2 fully saturated rings. The number of fused-ring (bicyclic) bond motifs is 1. The molecule has 2 aliphatic rings. The first-order valence-corrected chi connectivity index (χ1v) is 17.0. The maximum atomic E-state index is 13.7. The Bertz CT molecular complexity index is 1670. The van der Waals surface area contributed by atoms with Crippen LogP contribution in [0.1, 0.15) is 50.5 Å². The van der Waals surface area contributed by atoms with Gasteiger partial charge < -0.3 is 15.0 Å². The van der Waals surface area contributed by atoms with Crippen LogP contribution in [0, 0.1) is 5.92 Å². The lowest BCUT2D eigenvalue weighted by atomic mass is 9.87. The standard InChI is InChI=1S/C31H36N6O4S2/c1-21-20-36(24-8-5-15-32-19-24)16-17-37(21)43(39,40)25-11-9-23(10-12-25)26(18-22-6-3-4-7-22)29(38)35-31-33-27-13-14-28(41-2)34-30(27)42-31/h5,8-15,19,21-22,26H,3-4,6-7,16-18,20H2,1-2H3,(H,33,35,38). The van der Waals surface area contributed by atoms with Crippen LogP contribution in [0.25, 0.3) is 10.3 Å². The number of hydrogen-bond acceptors (Lipinski definition) is 9. The normalized spacial score (nSPS) is 19.0. The molecule has 3 aromatic heterocycles. The van der Waals surface area contributed by atoms with Crippen molar-refractivity contribution in [3.05, 3.63) is 66.5 Å². The zero-order valence-electron chi connectivity index (χ0n) is 24.3. The summed E-state index contributed by atoms with van der Waals surface area (Å²) in [6.45, 7) is 3.49. The number of methoxy groups -OCH3 is 1. The molecule has 1 saturated carbocycles. The molecule has 43 heavy (non-hydrogen) atoms. The molecule has 1 N–H and O–H groups in total. The van der Waals surface area contributed by atoms with E-state index < -0.39 is 15.9 Å². The van der Waals surface area contributed by atoms with E-state index in [9.17, 15) is 13.2 Å². The summed E-state index contributed by atoms with van der Waals surface area (Å²) in [5, 5.41) is 3.50. The lowest BCUT2D eigenvalue weighted by molar-refractivity contribution is -0.118. The number of nitrogens with zero attached hydrogens (tertiary/aromatic N) is 5. The molecule has 2 atom stereocenters. The number of aromatic nitrogens is 3. The molecule has 0 spiro atoms. The fraction of sp³-hybridized carbons (Fsp3) is 0.419. The van der Waals surface area contributed by atoms with Crippen LogP contribution in [0.4, 0.5) is 10.8 Å². The predicted octanol–water partition coefficient (Wildman–Crippen LogP) is 5.30. The van der Waals surface area contributed by atoms with Gasteiger partial charge in [-0.15, -0.1) is 0 Å². The number of sulfonamides is 1. The lowest BCUT2D eigenvalue weighted by Crippen LogP contribution is -2.54. The number of rotatable bonds is 9. The Hall–Kier alpha value is -3.61. The van der Waals surface area contributed by atoms with Crippen molar-refractivity contribution in [1.82, 2.24) is 19.3 Å². The minimum absolute atomic E-state index is 0.145. The second-order valence-electron chi connectivity index (χ2n) is 11.3. The quantitative estimate of drug-likeness (QED) is 0.268. The van der Waals surface area contributed by atoms with E-state index in [2.05, 4.69) is 25.2 Å². The smallest absolute Gasteiger partial charge is 0.243 e. The first kappa shape index (κ1) is 29.5.